The maximum Gasteiger partial charge on any atom is 0.0496 e. The van der Waals surface area contributed by atoms with Crippen LogP contribution in [0, 0.1) is 11.3 Å². The summed E-state index contributed by atoms with van der Waals surface area (Å²) in [6.45, 7) is 29.1. The lowest BCUT2D eigenvalue weighted by Gasteiger charge is -2.46. The van der Waals surface area contributed by atoms with Crippen molar-refractivity contribution in [1.29, 1.82) is 0 Å². The van der Waals surface area contributed by atoms with E-state index in [1.165, 1.54) is 134 Å². The van der Waals surface area contributed by atoms with E-state index in [9.17, 15) is 0 Å². The van der Waals surface area contributed by atoms with Gasteiger partial charge in [0, 0.05) is 45.5 Å². The van der Waals surface area contributed by atoms with Crippen LogP contribution in [-0.4, -0.2) is 0 Å². The van der Waals surface area contributed by atoms with Crippen molar-refractivity contribution in [3.05, 3.63) is 211 Å². The van der Waals surface area contributed by atoms with E-state index in [1.807, 2.05) is 0 Å². The molecule has 0 spiro atoms. The third-order valence-corrected chi connectivity index (χ3v) is 20.1. The lowest BCUT2D eigenvalue weighted by molar-refractivity contribution is 0.240. The molecular formula is C73H80N2. The fourth-order valence-corrected chi connectivity index (χ4v) is 15.6. The molecule has 3 atom stereocenters. The van der Waals surface area contributed by atoms with Gasteiger partial charge in [0.2, 0.25) is 0 Å². The molecule has 75 heavy (non-hydrogen) atoms. The Hall–Kier alpha value is -6.12. The van der Waals surface area contributed by atoms with E-state index in [4.69, 9.17) is 0 Å². The number of fused-ring (bicyclic) bond motifs is 10. The Bertz CT molecular complexity index is 3470. The molecule has 6 aliphatic rings. The van der Waals surface area contributed by atoms with Crippen molar-refractivity contribution in [3.63, 3.8) is 0 Å². The minimum absolute atomic E-state index is 0.0620. The maximum absolute atomic E-state index is 2.66. The third kappa shape index (κ3) is 7.60. The molecule has 3 unspecified atom stereocenters. The monoisotopic (exact) mass is 985 g/mol. The van der Waals surface area contributed by atoms with Crippen LogP contribution in [0.5, 0.6) is 0 Å². The summed E-state index contributed by atoms with van der Waals surface area (Å²) in [4.78, 5) is 5.29. The largest absolute Gasteiger partial charge is 0.314 e. The minimum Gasteiger partial charge on any atom is -0.314 e. The highest BCUT2D eigenvalue weighted by Crippen LogP contribution is 2.61. The molecule has 382 valence electrons. The molecule has 13 rings (SSSR count). The first kappa shape index (κ1) is 48.5. The van der Waals surface area contributed by atoms with Gasteiger partial charge in [-0.15, -0.1) is 0 Å². The van der Waals surface area contributed by atoms with Crippen molar-refractivity contribution in [2.24, 2.45) is 11.3 Å². The van der Waals surface area contributed by atoms with Crippen LogP contribution in [0.15, 0.2) is 139 Å². The van der Waals surface area contributed by atoms with Gasteiger partial charge in [0.1, 0.15) is 0 Å². The first-order chi connectivity index (χ1) is 35.7. The summed E-state index contributed by atoms with van der Waals surface area (Å²) in [6, 6.07) is 53.4. The lowest BCUT2D eigenvalue weighted by Crippen LogP contribution is -2.34. The second-order valence-electron chi connectivity index (χ2n) is 27.7. The highest BCUT2D eigenvalue weighted by atomic mass is 15.2. The van der Waals surface area contributed by atoms with Gasteiger partial charge in [0.05, 0.1) is 0 Å². The van der Waals surface area contributed by atoms with Gasteiger partial charge >= 0.3 is 0 Å². The number of rotatable bonds is 6. The Morgan fingerprint density at radius 2 is 1.16 bits per heavy atom. The number of anilines is 5. The van der Waals surface area contributed by atoms with Crippen molar-refractivity contribution in [3.8, 4) is 11.1 Å². The van der Waals surface area contributed by atoms with Gasteiger partial charge in [-0.3, -0.25) is 0 Å². The van der Waals surface area contributed by atoms with Crippen LogP contribution in [0.1, 0.15) is 199 Å². The average Bonchev–Trinajstić information content (AvgIpc) is 3.78. The molecule has 0 bridgehead atoms. The molecule has 0 radical (unpaired) electrons. The van der Waals surface area contributed by atoms with E-state index in [0.29, 0.717) is 17.8 Å². The summed E-state index contributed by atoms with van der Waals surface area (Å²) in [5.41, 5.74) is 30.4. The molecule has 0 saturated carbocycles. The topological polar surface area (TPSA) is 6.48 Å². The van der Waals surface area contributed by atoms with Crippen LogP contribution >= 0.6 is 0 Å². The Morgan fingerprint density at radius 3 is 1.88 bits per heavy atom. The molecule has 6 aliphatic carbocycles. The molecule has 0 heterocycles. The minimum atomic E-state index is -0.0908. The second-order valence-corrected chi connectivity index (χ2v) is 27.7. The van der Waals surface area contributed by atoms with E-state index in [0.717, 1.165) is 19.3 Å². The third-order valence-electron chi connectivity index (χ3n) is 20.1. The summed E-state index contributed by atoms with van der Waals surface area (Å²) in [5, 5.41) is 0. The molecule has 2 nitrogen and oxygen atoms in total. The predicted molar refractivity (Wildman–Crippen MR) is 318 cm³/mol. The van der Waals surface area contributed by atoms with Crippen LogP contribution in [0.25, 0.3) is 17.2 Å². The number of hydrogen-bond donors (Lipinski definition) is 0. The first-order valence-electron chi connectivity index (χ1n) is 28.9. The molecule has 0 aliphatic heterocycles. The summed E-state index contributed by atoms with van der Waals surface area (Å²) in [5.74, 6) is 1.39. The molecule has 7 aromatic rings. The normalized spacial score (nSPS) is 21.1. The van der Waals surface area contributed by atoms with Gasteiger partial charge in [-0.1, -0.05) is 162 Å². The van der Waals surface area contributed by atoms with Crippen molar-refractivity contribution >= 4 is 34.5 Å². The Labute approximate surface area is 450 Å². The smallest absolute Gasteiger partial charge is 0.0496 e. The zero-order chi connectivity index (χ0) is 52.1. The Kier molecular flexibility index (Phi) is 11.0. The van der Waals surface area contributed by atoms with E-state index in [-0.39, 0.29) is 27.1 Å². The second kappa shape index (κ2) is 16.9. The Balaban J connectivity index is 0.966. The zero-order valence-electron chi connectivity index (χ0n) is 47.3. The number of benzene rings is 7. The van der Waals surface area contributed by atoms with Crippen LogP contribution in [0.4, 0.5) is 28.4 Å². The van der Waals surface area contributed by atoms with Crippen molar-refractivity contribution in [2.75, 3.05) is 9.80 Å². The van der Waals surface area contributed by atoms with Crippen LogP contribution in [0.3, 0.4) is 0 Å². The molecule has 0 saturated heterocycles. The van der Waals surface area contributed by atoms with Crippen LogP contribution < -0.4 is 9.80 Å². The van der Waals surface area contributed by atoms with E-state index in [1.54, 1.807) is 22.3 Å². The number of aryl methyl sites for hydroxylation is 2. The Morgan fingerprint density at radius 1 is 0.520 bits per heavy atom. The molecule has 0 aromatic heterocycles. The summed E-state index contributed by atoms with van der Waals surface area (Å²) >= 11 is 0. The average molecular weight is 985 g/mol. The highest BCUT2D eigenvalue weighted by molar-refractivity contribution is 5.89. The van der Waals surface area contributed by atoms with E-state index < -0.39 is 0 Å². The summed E-state index contributed by atoms with van der Waals surface area (Å²) in [7, 11) is 0. The lowest BCUT2D eigenvalue weighted by atomic mass is 9.61. The van der Waals surface area contributed by atoms with Crippen molar-refractivity contribution < 1.29 is 0 Å². The molecular weight excluding hydrogens is 905 g/mol. The van der Waals surface area contributed by atoms with Gasteiger partial charge in [0.15, 0.2) is 0 Å². The highest BCUT2D eigenvalue weighted by Gasteiger charge is 2.49. The number of hydrogen-bond acceptors (Lipinski definition) is 2. The number of nitrogens with zero attached hydrogens (tertiary/aromatic N) is 2. The molecule has 7 aromatic carbocycles. The molecule has 0 N–H and O–H groups in total. The van der Waals surface area contributed by atoms with Crippen molar-refractivity contribution in [1.82, 2.24) is 0 Å². The maximum atomic E-state index is 2.66. The van der Waals surface area contributed by atoms with Gasteiger partial charge in [-0.05, 0) is 235 Å². The summed E-state index contributed by atoms with van der Waals surface area (Å²) in [6.07, 6.45) is 13.2. The molecule has 0 amide bonds. The molecule has 0 fully saturated rings. The van der Waals surface area contributed by atoms with Gasteiger partial charge in [0.25, 0.3) is 0 Å². The van der Waals surface area contributed by atoms with Crippen molar-refractivity contribution in [2.45, 2.75) is 174 Å². The predicted octanol–water partition coefficient (Wildman–Crippen LogP) is 19.6. The zero-order valence-corrected chi connectivity index (χ0v) is 47.3. The van der Waals surface area contributed by atoms with Crippen LogP contribution in [0.2, 0.25) is 0 Å². The van der Waals surface area contributed by atoms with E-state index in [2.05, 4.69) is 232 Å². The van der Waals surface area contributed by atoms with E-state index >= 15 is 0 Å². The standard InChI is InChI=1S/C73H80N2/c1-69(2,3)48-24-28-50(29-25-48)74(52-32-34-57-62(42-52)72(9,10)60-36-21-45-17-13-15-19-55(45)67(57)60)54-41-47-23-38-65(59-39-40-71(7,8)64(44-54)66(47)59)75(51-30-26-49(27-31-51)70(4,5)6)53-33-35-58-63(43-53)73(11,12)61-37-22-46-18-14-16-20-56(46)68(58)61/h13,15,17,19,22-35,37-38,41-43,60,64,67H,14,16,18,20-21,36,39-40,44H2,1-12H3. The molecule has 2 heteroatoms. The quantitative estimate of drug-likeness (QED) is 0.164. The first-order valence-corrected chi connectivity index (χ1v) is 28.9. The van der Waals surface area contributed by atoms with Crippen LogP contribution in [-0.2, 0) is 47.3 Å². The number of allylic oxidation sites excluding steroid dienone is 1. The van der Waals surface area contributed by atoms with Gasteiger partial charge in [-0.25, -0.2) is 0 Å². The summed E-state index contributed by atoms with van der Waals surface area (Å²) < 4.78 is 0. The fourth-order valence-electron chi connectivity index (χ4n) is 15.6. The fraction of sp³-hybridized carbons (Fsp3) is 0.397. The van der Waals surface area contributed by atoms with Gasteiger partial charge < -0.3 is 9.80 Å². The SMILES string of the molecule is CC(C)(C)c1ccc(N(C2=Cc3ccc(N(c4ccc(C(C)(C)C)cc4)c4ccc5c(c4)C(C)(C)c4ccc6c(c4-5)CCCC6)c4c3C(C2)C(C)(C)CC4)c2ccc3c(c2)C(C)(C)C2CCc4ccccc4C32)cc1. The van der Waals surface area contributed by atoms with Gasteiger partial charge in [-0.2, -0.15) is 0 Å².